The van der Waals surface area contributed by atoms with Crippen LogP contribution in [0.2, 0.25) is 0 Å². The van der Waals surface area contributed by atoms with Gasteiger partial charge in [0.1, 0.15) is 5.75 Å². The SMILES string of the molecule is COc1cc(Br)cc(NCCC#N)c1. The van der Waals surface area contributed by atoms with E-state index >= 15 is 0 Å². The number of hydrogen-bond acceptors (Lipinski definition) is 3. The maximum atomic E-state index is 8.38. The van der Waals surface area contributed by atoms with Crippen molar-refractivity contribution < 1.29 is 4.74 Å². The number of ether oxygens (including phenoxy) is 1. The molecule has 0 fully saturated rings. The van der Waals surface area contributed by atoms with E-state index in [0.717, 1.165) is 15.9 Å². The molecule has 0 unspecified atom stereocenters. The first kappa shape index (κ1) is 10.9. The van der Waals surface area contributed by atoms with Gasteiger partial charge in [-0.25, -0.2) is 0 Å². The van der Waals surface area contributed by atoms with E-state index in [1.54, 1.807) is 7.11 Å². The molecule has 0 radical (unpaired) electrons. The van der Waals surface area contributed by atoms with E-state index in [1.807, 2.05) is 18.2 Å². The van der Waals surface area contributed by atoms with Crippen molar-refractivity contribution in [3.8, 4) is 11.8 Å². The van der Waals surface area contributed by atoms with E-state index in [0.29, 0.717) is 13.0 Å². The monoisotopic (exact) mass is 254 g/mol. The van der Waals surface area contributed by atoms with Crippen molar-refractivity contribution in [3.05, 3.63) is 22.7 Å². The molecular formula is C10H11BrN2O. The van der Waals surface area contributed by atoms with Crippen LogP contribution in [-0.2, 0) is 0 Å². The molecule has 0 aliphatic heterocycles. The van der Waals surface area contributed by atoms with E-state index in [9.17, 15) is 0 Å². The summed E-state index contributed by atoms with van der Waals surface area (Å²) in [7, 11) is 1.63. The zero-order chi connectivity index (χ0) is 10.4. The predicted octanol–water partition coefficient (Wildman–Crippen LogP) is 2.78. The van der Waals surface area contributed by atoms with Crippen molar-refractivity contribution in [2.75, 3.05) is 19.0 Å². The fourth-order valence-corrected chi connectivity index (χ4v) is 1.52. The summed E-state index contributed by atoms with van der Waals surface area (Å²) in [6.07, 6.45) is 0.495. The number of methoxy groups -OCH3 is 1. The van der Waals surface area contributed by atoms with Crippen molar-refractivity contribution in [1.82, 2.24) is 0 Å². The lowest BCUT2D eigenvalue weighted by Gasteiger charge is -2.07. The van der Waals surface area contributed by atoms with E-state index < -0.39 is 0 Å². The fraction of sp³-hybridized carbons (Fsp3) is 0.300. The summed E-state index contributed by atoms with van der Waals surface area (Å²) in [5, 5.41) is 11.5. The van der Waals surface area contributed by atoms with Gasteiger partial charge >= 0.3 is 0 Å². The Labute approximate surface area is 91.8 Å². The molecule has 0 aliphatic carbocycles. The molecule has 1 aromatic carbocycles. The standard InChI is InChI=1S/C10H11BrN2O/c1-14-10-6-8(11)5-9(7-10)13-4-2-3-12/h5-7,13H,2,4H2,1H3. The topological polar surface area (TPSA) is 45.0 Å². The lowest BCUT2D eigenvalue weighted by molar-refractivity contribution is 0.414. The Morgan fingerprint density at radius 2 is 2.29 bits per heavy atom. The smallest absolute Gasteiger partial charge is 0.122 e. The third kappa shape index (κ3) is 3.27. The van der Waals surface area contributed by atoms with Crippen LogP contribution in [0.5, 0.6) is 5.75 Å². The van der Waals surface area contributed by atoms with Gasteiger partial charge in [0.05, 0.1) is 19.6 Å². The highest BCUT2D eigenvalue weighted by molar-refractivity contribution is 9.10. The number of benzene rings is 1. The first-order valence-corrected chi connectivity index (χ1v) is 5.01. The summed E-state index contributed by atoms with van der Waals surface area (Å²) in [5.41, 5.74) is 0.950. The van der Waals surface area contributed by atoms with Gasteiger partial charge in [-0.05, 0) is 12.1 Å². The molecule has 1 rings (SSSR count). The van der Waals surface area contributed by atoms with Gasteiger partial charge in [0.2, 0.25) is 0 Å². The highest BCUT2D eigenvalue weighted by Crippen LogP contribution is 2.24. The summed E-state index contributed by atoms with van der Waals surface area (Å²) in [6.45, 7) is 0.649. The van der Waals surface area contributed by atoms with Crippen molar-refractivity contribution in [1.29, 1.82) is 5.26 Å². The third-order valence-corrected chi connectivity index (χ3v) is 2.13. The number of nitrogens with zero attached hydrogens (tertiary/aromatic N) is 1. The van der Waals surface area contributed by atoms with E-state index in [-0.39, 0.29) is 0 Å². The van der Waals surface area contributed by atoms with Gasteiger partial charge in [-0.1, -0.05) is 15.9 Å². The second-order valence-electron chi connectivity index (χ2n) is 2.71. The first-order valence-electron chi connectivity index (χ1n) is 4.21. The third-order valence-electron chi connectivity index (χ3n) is 1.67. The molecule has 0 saturated carbocycles. The molecule has 0 atom stereocenters. The molecule has 0 aliphatic rings. The Bertz CT molecular complexity index is 346. The van der Waals surface area contributed by atoms with Gasteiger partial charge in [-0.15, -0.1) is 0 Å². The Morgan fingerprint density at radius 1 is 1.50 bits per heavy atom. The maximum absolute atomic E-state index is 8.38. The summed E-state index contributed by atoms with van der Waals surface area (Å²) in [4.78, 5) is 0. The zero-order valence-corrected chi connectivity index (χ0v) is 9.47. The first-order chi connectivity index (χ1) is 6.76. The summed E-state index contributed by atoms with van der Waals surface area (Å²) in [5.74, 6) is 0.791. The predicted molar refractivity (Wildman–Crippen MR) is 59.4 cm³/mol. The second kappa shape index (κ2) is 5.51. The number of nitrogens with one attached hydrogen (secondary N) is 1. The number of halogens is 1. The van der Waals surface area contributed by atoms with E-state index in [2.05, 4.69) is 27.3 Å². The Kier molecular flexibility index (Phi) is 4.27. The molecule has 74 valence electrons. The van der Waals surface area contributed by atoms with Crippen LogP contribution in [0.1, 0.15) is 6.42 Å². The average molecular weight is 255 g/mol. The molecule has 0 heterocycles. The van der Waals surface area contributed by atoms with Crippen molar-refractivity contribution in [2.45, 2.75) is 6.42 Å². The Hall–Kier alpha value is -1.21. The largest absolute Gasteiger partial charge is 0.497 e. The van der Waals surface area contributed by atoms with Gasteiger partial charge < -0.3 is 10.1 Å². The van der Waals surface area contributed by atoms with Crippen LogP contribution in [-0.4, -0.2) is 13.7 Å². The second-order valence-corrected chi connectivity index (χ2v) is 3.63. The van der Waals surface area contributed by atoms with Crippen LogP contribution >= 0.6 is 15.9 Å². The molecule has 0 amide bonds. The summed E-state index contributed by atoms with van der Waals surface area (Å²) < 4.78 is 6.06. The molecule has 0 spiro atoms. The number of anilines is 1. The van der Waals surface area contributed by atoms with Crippen molar-refractivity contribution in [2.24, 2.45) is 0 Å². The minimum Gasteiger partial charge on any atom is -0.497 e. The van der Waals surface area contributed by atoms with Gasteiger partial charge in [-0.2, -0.15) is 5.26 Å². The van der Waals surface area contributed by atoms with E-state index in [1.165, 1.54) is 0 Å². The van der Waals surface area contributed by atoms with Crippen LogP contribution in [0.25, 0.3) is 0 Å². The van der Waals surface area contributed by atoms with Crippen LogP contribution < -0.4 is 10.1 Å². The molecule has 0 aromatic heterocycles. The molecular weight excluding hydrogens is 244 g/mol. The lowest BCUT2D eigenvalue weighted by Crippen LogP contribution is -2.00. The maximum Gasteiger partial charge on any atom is 0.122 e. The summed E-state index contributed by atoms with van der Waals surface area (Å²) >= 11 is 3.38. The normalized spacial score (nSPS) is 9.21. The number of nitriles is 1. The van der Waals surface area contributed by atoms with Gasteiger partial charge in [0, 0.05) is 22.8 Å². The van der Waals surface area contributed by atoms with Crippen LogP contribution in [0.3, 0.4) is 0 Å². The van der Waals surface area contributed by atoms with Gasteiger partial charge in [0.25, 0.3) is 0 Å². The average Bonchev–Trinajstić information content (AvgIpc) is 2.17. The minimum atomic E-state index is 0.495. The molecule has 4 heteroatoms. The lowest BCUT2D eigenvalue weighted by atomic mass is 10.3. The van der Waals surface area contributed by atoms with Crippen molar-refractivity contribution >= 4 is 21.6 Å². The molecule has 0 saturated heterocycles. The zero-order valence-electron chi connectivity index (χ0n) is 7.88. The van der Waals surface area contributed by atoms with Gasteiger partial charge in [-0.3, -0.25) is 0 Å². The van der Waals surface area contributed by atoms with E-state index in [4.69, 9.17) is 10.00 Å². The molecule has 0 bridgehead atoms. The highest BCUT2D eigenvalue weighted by Gasteiger charge is 1.98. The van der Waals surface area contributed by atoms with Crippen LogP contribution in [0, 0.1) is 11.3 Å². The molecule has 3 nitrogen and oxygen atoms in total. The highest BCUT2D eigenvalue weighted by atomic mass is 79.9. The molecule has 14 heavy (non-hydrogen) atoms. The molecule has 1 N–H and O–H groups in total. The Morgan fingerprint density at radius 3 is 2.93 bits per heavy atom. The quantitative estimate of drug-likeness (QED) is 0.841. The molecule has 1 aromatic rings. The Balaban J connectivity index is 2.67. The number of rotatable bonds is 4. The minimum absolute atomic E-state index is 0.495. The summed E-state index contributed by atoms with van der Waals surface area (Å²) in [6, 6.07) is 7.80. The fourth-order valence-electron chi connectivity index (χ4n) is 1.05. The van der Waals surface area contributed by atoms with Crippen molar-refractivity contribution in [3.63, 3.8) is 0 Å². The van der Waals surface area contributed by atoms with Crippen LogP contribution in [0.4, 0.5) is 5.69 Å². The van der Waals surface area contributed by atoms with Crippen LogP contribution in [0.15, 0.2) is 22.7 Å². The number of hydrogen-bond donors (Lipinski definition) is 1. The van der Waals surface area contributed by atoms with Gasteiger partial charge in [0.15, 0.2) is 0 Å².